The standard InChI is InChI=1S/C39H34FN7O7/c1-20-43-35(46-54-20)34-41-18-27(19-42-34)53-25-10-6-22(7-11-25)39(2,3)21-4-8-24(9-5-21)52-26-14-23(15-26)44-31-17-29-28(16-30(31)40)37(50)47(38(29)51)32-12-13-33(48)45-36(32)49/h4-11,16-19,23,26,32,44H,12-15H2,1-3H3,(H,45,48,49). The van der Waals surface area contributed by atoms with E-state index in [4.69, 9.17) is 14.0 Å². The van der Waals surface area contributed by atoms with Crippen LogP contribution in [-0.2, 0) is 15.0 Å². The number of rotatable bonds is 10. The van der Waals surface area contributed by atoms with Crippen LogP contribution >= 0.6 is 0 Å². The highest BCUT2D eigenvalue weighted by Gasteiger charge is 2.45. The highest BCUT2D eigenvalue weighted by molar-refractivity contribution is 6.23. The number of amides is 4. The second-order valence-corrected chi connectivity index (χ2v) is 14.0. The van der Waals surface area contributed by atoms with E-state index >= 15 is 4.39 Å². The SMILES string of the molecule is Cc1nc(-c2ncc(Oc3ccc(C(C)(C)c4ccc(OC5CC(Nc6cc7c(cc6F)C(=O)N(C6CCC(=O)NC6=O)C7=O)C5)cc4)cc3)cn2)no1. The Bertz CT molecular complexity index is 2290. The molecule has 0 bridgehead atoms. The van der Waals surface area contributed by atoms with E-state index in [9.17, 15) is 19.2 Å². The van der Waals surface area contributed by atoms with Gasteiger partial charge in [0.15, 0.2) is 5.75 Å². The summed E-state index contributed by atoms with van der Waals surface area (Å²) in [6, 6.07) is 16.9. The number of carbonyl (C=O) groups is 4. The van der Waals surface area contributed by atoms with Crippen molar-refractivity contribution in [1.82, 2.24) is 30.3 Å². The maximum absolute atomic E-state index is 15.1. The van der Waals surface area contributed by atoms with E-state index in [-0.39, 0.29) is 47.2 Å². The van der Waals surface area contributed by atoms with Crippen molar-refractivity contribution in [3.63, 3.8) is 0 Å². The Labute approximate surface area is 308 Å². The molecule has 2 fully saturated rings. The first kappa shape index (κ1) is 34.6. The minimum absolute atomic E-state index is 0.00320. The van der Waals surface area contributed by atoms with Crippen LogP contribution in [0.3, 0.4) is 0 Å². The molecule has 1 saturated heterocycles. The van der Waals surface area contributed by atoms with Crippen molar-refractivity contribution < 1.29 is 37.6 Å². The van der Waals surface area contributed by atoms with Crippen molar-refractivity contribution in [1.29, 1.82) is 0 Å². The zero-order valence-corrected chi connectivity index (χ0v) is 29.5. The first-order valence-electron chi connectivity index (χ1n) is 17.4. The van der Waals surface area contributed by atoms with Crippen LogP contribution in [0.5, 0.6) is 17.2 Å². The third-order valence-corrected chi connectivity index (χ3v) is 10.0. The predicted molar refractivity (Wildman–Crippen MR) is 189 cm³/mol. The summed E-state index contributed by atoms with van der Waals surface area (Å²) in [5.41, 5.74) is 1.86. The molecule has 274 valence electrons. The predicted octanol–water partition coefficient (Wildman–Crippen LogP) is 5.52. The lowest BCUT2D eigenvalue weighted by molar-refractivity contribution is -0.136. The van der Waals surface area contributed by atoms with Crippen LogP contribution in [0, 0.1) is 12.7 Å². The molecule has 1 saturated carbocycles. The Hall–Kier alpha value is -6.51. The van der Waals surface area contributed by atoms with Crippen molar-refractivity contribution in [3.05, 3.63) is 107 Å². The number of imide groups is 2. The number of hydrogen-bond acceptors (Lipinski definition) is 12. The molecule has 8 rings (SSSR count). The molecule has 2 aromatic heterocycles. The number of anilines is 1. The molecule has 14 nitrogen and oxygen atoms in total. The molecule has 15 heteroatoms. The second kappa shape index (κ2) is 13.5. The van der Waals surface area contributed by atoms with Crippen LogP contribution in [0.25, 0.3) is 11.6 Å². The molecule has 54 heavy (non-hydrogen) atoms. The van der Waals surface area contributed by atoms with Gasteiger partial charge in [-0.25, -0.2) is 14.4 Å². The number of hydrogen-bond donors (Lipinski definition) is 2. The first-order valence-corrected chi connectivity index (χ1v) is 17.4. The molecule has 4 amide bonds. The summed E-state index contributed by atoms with van der Waals surface area (Å²) in [6.07, 6.45) is 4.24. The molecule has 2 N–H and O–H groups in total. The molecule has 2 aliphatic heterocycles. The Kier molecular flexibility index (Phi) is 8.63. The number of fused-ring (bicyclic) bond motifs is 1. The van der Waals surface area contributed by atoms with Crippen molar-refractivity contribution in [2.75, 3.05) is 5.32 Å². The summed E-state index contributed by atoms with van der Waals surface area (Å²) in [4.78, 5) is 63.5. The van der Waals surface area contributed by atoms with Gasteiger partial charge in [0, 0.05) is 37.6 Å². The van der Waals surface area contributed by atoms with E-state index in [1.54, 1.807) is 19.3 Å². The number of piperidine rings is 1. The van der Waals surface area contributed by atoms with Gasteiger partial charge in [-0.05, 0) is 53.9 Å². The van der Waals surface area contributed by atoms with Crippen LogP contribution in [0.4, 0.5) is 10.1 Å². The number of ether oxygens (including phenoxy) is 2. The summed E-state index contributed by atoms with van der Waals surface area (Å²) in [5, 5.41) is 9.10. The summed E-state index contributed by atoms with van der Waals surface area (Å²) in [6.45, 7) is 5.97. The maximum atomic E-state index is 15.1. The molecule has 1 aliphatic carbocycles. The summed E-state index contributed by atoms with van der Waals surface area (Å²) < 4.78 is 32.2. The molecule has 3 aliphatic rings. The van der Waals surface area contributed by atoms with E-state index in [0.29, 0.717) is 47.6 Å². The first-order chi connectivity index (χ1) is 25.9. The Morgan fingerprint density at radius 1 is 0.870 bits per heavy atom. The molecule has 1 unspecified atom stereocenters. The lowest BCUT2D eigenvalue weighted by Crippen LogP contribution is -2.54. The van der Waals surface area contributed by atoms with Crippen molar-refractivity contribution in [2.24, 2.45) is 0 Å². The maximum Gasteiger partial charge on any atom is 0.262 e. The Morgan fingerprint density at radius 3 is 2.11 bits per heavy atom. The van der Waals surface area contributed by atoms with Crippen molar-refractivity contribution >= 4 is 29.3 Å². The average molecular weight is 732 g/mol. The third-order valence-electron chi connectivity index (χ3n) is 10.0. The van der Waals surface area contributed by atoms with Crippen LogP contribution in [-0.4, -0.2) is 66.8 Å². The van der Waals surface area contributed by atoms with Gasteiger partial charge in [0.2, 0.25) is 29.4 Å². The fourth-order valence-electron chi connectivity index (χ4n) is 6.86. The molecule has 0 spiro atoms. The normalized spacial score (nSPS) is 19.6. The van der Waals surface area contributed by atoms with E-state index in [1.165, 1.54) is 6.07 Å². The fraction of sp³-hybridized carbons (Fsp3) is 0.282. The Morgan fingerprint density at radius 2 is 1.50 bits per heavy atom. The van der Waals surface area contributed by atoms with Gasteiger partial charge >= 0.3 is 0 Å². The Balaban J connectivity index is 0.842. The van der Waals surface area contributed by atoms with Crippen molar-refractivity contribution in [3.8, 4) is 28.9 Å². The number of aromatic nitrogens is 4. The second-order valence-electron chi connectivity index (χ2n) is 14.0. The van der Waals surface area contributed by atoms with E-state index in [2.05, 4.69) is 44.6 Å². The highest BCUT2D eigenvalue weighted by atomic mass is 19.1. The lowest BCUT2D eigenvalue weighted by atomic mass is 9.78. The third kappa shape index (κ3) is 6.52. The van der Waals surface area contributed by atoms with Crippen LogP contribution < -0.4 is 20.1 Å². The van der Waals surface area contributed by atoms with E-state index in [1.807, 2.05) is 48.5 Å². The van der Waals surface area contributed by atoms with Gasteiger partial charge < -0.3 is 19.3 Å². The van der Waals surface area contributed by atoms with Gasteiger partial charge in [-0.1, -0.05) is 43.3 Å². The van der Waals surface area contributed by atoms with Gasteiger partial charge in [0.25, 0.3) is 11.8 Å². The van der Waals surface area contributed by atoms with Crippen molar-refractivity contribution in [2.45, 2.75) is 70.1 Å². The average Bonchev–Trinajstić information content (AvgIpc) is 3.68. The van der Waals surface area contributed by atoms with Gasteiger partial charge in [-0.15, -0.1) is 0 Å². The minimum Gasteiger partial charge on any atom is -0.490 e. The van der Waals surface area contributed by atoms with Gasteiger partial charge in [0.1, 0.15) is 29.5 Å². The van der Waals surface area contributed by atoms with Gasteiger partial charge in [-0.2, -0.15) is 4.98 Å². The fourth-order valence-corrected chi connectivity index (χ4v) is 6.86. The minimum atomic E-state index is -1.12. The number of carbonyl (C=O) groups excluding carboxylic acids is 4. The zero-order valence-electron chi connectivity index (χ0n) is 29.5. The number of benzene rings is 3. The smallest absolute Gasteiger partial charge is 0.262 e. The number of nitrogens with one attached hydrogen (secondary N) is 2. The van der Waals surface area contributed by atoms with Gasteiger partial charge in [-0.3, -0.25) is 29.4 Å². The molecule has 3 aromatic carbocycles. The van der Waals surface area contributed by atoms with E-state index < -0.39 is 35.5 Å². The van der Waals surface area contributed by atoms with Crippen LogP contribution in [0.1, 0.15) is 77.3 Å². The quantitative estimate of drug-likeness (QED) is 0.172. The van der Waals surface area contributed by atoms with Gasteiger partial charge in [0.05, 0.1) is 29.2 Å². The molecule has 5 aromatic rings. The summed E-state index contributed by atoms with van der Waals surface area (Å²) >= 11 is 0. The topological polar surface area (TPSA) is 179 Å². The number of aryl methyl sites for hydroxylation is 1. The molecular formula is C39H34FN7O7. The summed E-state index contributed by atoms with van der Waals surface area (Å²) in [7, 11) is 0. The van der Waals surface area contributed by atoms with Crippen LogP contribution in [0.15, 0.2) is 77.6 Å². The number of nitrogens with zero attached hydrogens (tertiary/aromatic N) is 5. The van der Waals surface area contributed by atoms with Crippen LogP contribution in [0.2, 0.25) is 0 Å². The monoisotopic (exact) mass is 731 g/mol. The summed E-state index contributed by atoms with van der Waals surface area (Å²) in [5.74, 6) is -0.401. The molecule has 4 heterocycles. The van der Waals surface area contributed by atoms with E-state index in [0.717, 1.165) is 22.1 Å². The molecular weight excluding hydrogens is 697 g/mol. The molecule has 1 atom stereocenters. The number of halogens is 1. The highest BCUT2D eigenvalue weighted by Crippen LogP contribution is 2.37. The lowest BCUT2D eigenvalue weighted by Gasteiger charge is -2.36. The molecule has 0 radical (unpaired) electrons. The largest absolute Gasteiger partial charge is 0.490 e. The zero-order chi connectivity index (χ0) is 37.7.